The number of hydrogen-bond donors (Lipinski definition) is 1. The van der Waals surface area contributed by atoms with Crippen molar-refractivity contribution in [3.05, 3.63) is 34.9 Å². The molecule has 1 saturated heterocycles. The quantitative estimate of drug-likeness (QED) is 0.698. The van der Waals surface area contributed by atoms with Crippen molar-refractivity contribution in [1.29, 1.82) is 0 Å². The fourth-order valence-electron chi connectivity index (χ4n) is 1.33. The molecule has 1 N–H and O–H groups in total. The average Bonchev–Trinajstić information content (AvgIpc) is 2.58. The van der Waals surface area contributed by atoms with Crippen LogP contribution in [0, 0.1) is 0 Å². The Bertz CT molecular complexity index is 254. The second-order valence-electron chi connectivity index (χ2n) is 2.86. The van der Waals surface area contributed by atoms with Gasteiger partial charge in [-0.25, -0.2) is 0 Å². The number of rotatable bonds is 1. The van der Waals surface area contributed by atoms with Gasteiger partial charge in [0.2, 0.25) is 0 Å². The van der Waals surface area contributed by atoms with E-state index in [1.54, 1.807) is 11.9 Å². The molecule has 1 atom stereocenters. The van der Waals surface area contributed by atoms with E-state index in [0.717, 1.165) is 5.02 Å². The standard InChI is InChI=1S/C9H10ClNS/c10-8-3-1-7(2-4-8)9-5-6-12-11-9/h1-4,9,11H,5-6H2. The van der Waals surface area contributed by atoms with E-state index < -0.39 is 0 Å². The van der Waals surface area contributed by atoms with Crippen molar-refractivity contribution in [2.24, 2.45) is 0 Å². The normalized spacial score (nSPS) is 22.9. The van der Waals surface area contributed by atoms with Crippen LogP contribution < -0.4 is 4.72 Å². The molecular formula is C9H10ClNS. The van der Waals surface area contributed by atoms with Crippen molar-refractivity contribution >= 4 is 23.5 Å². The molecule has 0 radical (unpaired) electrons. The van der Waals surface area contributed by atoms with Crippen LogP contribution in [-0.4, -0.2) is 5.75 Å². The predicted octanol–water partition coefficient (Wildman–Crippen LogP) is 3.02. The van der Waals surface area contributed by atoms with Crippen LogP contribution in [-0.2, 0) is 0 Å². The Morgan fingerprint density at radius 3 is 2.67 bits per heavy atom. The third-order valence-corrected chi connectivity index (χ3v) is 3.15. The molecule has 3 heteroatoms. The number of halogens is 1. The van der Waals surface area contributed by atoms with Crippen LogP contribution in [0.15, 0.2) is 24.3 Å². The predicted molar refractivity (Wildman–Crippen MR) is 54.4 cm³/mol. The molecule has 1 aliphatic heterocycles. The Morgan fingerprint density at radius 1 is 1.33 bits per heavy atom. The van der Waals surface area contributed by atoms with Crippen LogP contribution in [0.1, 0.15) is 18.0 Å². The van der Waals surface area contributed by atoms with E-state index in [1.165, 1.54) is 17.7 Å². The summed E-state index contributed by atoms with van der Waals surface area (Å²) in [4.78, 5) is 0. The third kappa shape index (κ3) is 1.76. The van der Waals surface area contributed by atoms with Gasteiger partial charge in [-0.05, 0) is 24.1 Å². The minimum Gasteiger partial charge on any atom is -0.257 e. The highest BCUT2D eigenvalue weighted by molar-refractivity contribution is 7.97. The number of nitrogens with one attached hydrogen (secondary N) is 1. The molecule has 2 rings (SSSR count). The zero-order valence-corrected chi connectivity index (χ0v) is 8.16. The largest absolute Gasteiger partial charge is 0.257 e. The van der Waals surface area contributed by atoms with Crippen molar-refractivity contribution in [3.8, 4) is 0 Å². The molecule has 0 amide bonds. The van der Waals surface area contributed by atoms with Gasteiger partial charge in [0.1, 0.15) is 0 Å². The summed E-state index contributed by atoms with van der Waals surface area (Å²) in [6.45, 7) is 0. The number of benzene rings is 1. The van der Waals surface area contributed by atoms with Gasteiger partial charge in [-0.3, -0.25) is 4.72 Å². The monoisotopic (exact) mass is 199 g/mol. The fraction of sp³-hybridized carbons (Fsp3) is 0.333. The first-order valence-corrected chi connectivity index (χ1v) is 5.35. The van der Waals surface area contributed by atoms with Gasteiger partial charge in [-0.1, -0.05) is 35.7 Å². The molecule has 1 aliphatic rings. The summed E-state index contributed by atoms with van der Waals surface area (Å²) in [5, 5.41) is 0.810. The Hall–Kier alpha value is -0.180. The lowest BCUT2D eigenvalue weighted by Crippen LogP contribution is -2.06. The molecule has 64 valence electrons. The maximum Gasteiger partial charge on any atom is 0.0429 e. The van der Waals surface area contributed by atoms with Crippen molar-refractivity contribution in [2.45, 2.75) is 12.5 Å². The third-order valence-electron chi connectivity index (χ3n) is 2.01. The summed E-state index contributed by atoms with van der Waals surface area (Å²) >= 11 is 7.59. The highest BCUT2D eigenvalue weighted by Crippen LogP contribution is 2.27. The van der Waals surface area contributed by atoms with E-state index in [1.807, 2.05) is 12.1 Å². The van der Waals surface area contributed by atoms with Crippen molar-refractivity contribution < 1.29 is 0 Å². The molecule has 0 spiro atoms. The SMILES string of the molecule is Clc1ccc(C2CCSN2)cc1. The van der Waals surface area contributed by atoms with E-state index in [9.17, 15) is 0 Å². The van der Waals surface area contributed by atoms with Gasteiger partial charge in [0.05, 0.1) is 0 Å². The van der Waals surface area contributed by atoms with Crippen LogP contribution in [0.4, 0.5) is 0 Å². The minimum absolute atomic E-state index is 0.521. The van der Waals surface area contributed by atoms with Gasteiger partial charge in [-0.15, -0.1) is 0 Å². The first kappa shape index (κ1) is 8.42. The summed E-state index contributed by atoms with van der Waals surface area (Å²) in [7, 11) is 0. The molecule has 0 aliphatic carbocycles. The van der Waals surface area contributed by atoms with E-state index in [2.05, 4.69) is 16.9 Å². The maximum absolute atomic E-state index is 5.79. The fourth-order valence-corrected chi connectivity index (χ4v) is 2.38. The Labute approximate surface area is 81.6 Å². The second kappa shape index (κ2) is 3.69. The van der Waals surface area contributed by atoms with Crippen LogP contribution in [0.2, 0.25) is 5.02 Å². The van der Waals surface area contributed by atoms with Crippen LogP contribution in [0.5, 0.6) is 0 Å². The molecule has 1 unspecified atom stereocenters. The summed E-state index contributed by atoms with van der Waals surface area (Å²) in [6.07, 6.45) is 1.21. The number of hydrogen-bond acceptors (Lipinski definition) is 2. The topological polar surface area (TPSA) is 12.0 Å². The summed E-state index contributed by atoms with van der Waals surface area (Å²) in [5.74, 6) is 1.20. The highest BCUT2D eigenvalue weighted by atomic mass is 35.5. The van der Waals surface area contributed by atoms with Crippen LogP contribution >= 0.6 is 23.5 Å². The van der Waals surface area contributed by atoms with Crippen molar-refractivity contribution in [2.75, 3.05) is 5.75 Å². The van der Waals surface area contributed by atoms with Gasteiger partial charge in [0.15, 0.2) is 0 Å². The van der Waals surface area contributed by atoms with Gasteiger partial charge in [0.25, 0.3) is 0 Å². The second-order valence-corrected chi connectivity index (χ2v) is 4.23. The van der Waals surface area contributed by atoms with E-state index in [4.69, 9.17) is 11.6 Å². The maximum atomic E-state index is 5.79. The van der Waals surface area contributed by atoms with E-state index in [0.29, 0.717) is 6.04 Å². The van der Waals surface area contributed by atoms with Gasteiger partial charge >= 0.3 is 0 Å². The average molecular weight is 200 g/mol. The Balaban J connectivity index is 2.17. The van der Waals surface area contributed by atoms with E-state index >= 15 is 0 Å². The molecule has 1 fully saturated rings. The lowest BCUT2D eigenvalue weighted by molar-refractivity contribution is 0.692. The highest BCUT2D eigenvalue weighted by Gasteiger charge is 2.15. The van der Waals surface area contributed by atoms with Gasteiger partial charge < -0.3 is 0 Å². The summed E-state index contributed by atoms with van der Waals surface area (Å²) in [6, 6.07) is 8.59. The van der Waals surface area contributed by atoms with Gasteiger partial charge in [0, 0.05) is 16.8 Å². The molecule has 1 nitrogen and oxygen atoms in total. The lowest BCUT2D eigenvalue weighted by Gasteiger charge is -2.08. The minimum atomic E-state index is 0.521. The first-order chi connectivity index (χ1) is 5.86. The Morgan fingerprint density at radius 2 is 2.08 bits per heavy atom. The van der Waals surface area contributed by atoms with E-state index in [-0.39, 0.29) is 0 Å². The molecule has 1 aromatic rings. The zero-order valence-electron chi connectivity index (χ0n) is 6.59. The smallest absolute Gasteiger partial charge is 0.0429 e. The molecule has 0 saturated carbocycles. The molecular weight excluding hydrogens is 190 g/mol. The van der Waals surface area contributed by atoms with Crippen molar-refractivity contribution in [1.82, 2.24) is 4.72 Å². The van der Waals surface area contributed by atoms with Crippen LogP contribution in [0.3, 0.4) is 0 Å². The molecule has 1 heterocycles. The summed E-state index contributed by atoms with van der Waals surface area (Å²) in [5.41, 5.74) is 1.34. The van der Waals surface area contributed by atoms with Crippen molar-refractivity contribution in [3.63, 3.8) is 0 Å². The molecule has 1 aromatic carbocycles. The molecule has 0 aromatic heterocycles. The Kier molecular flexibility index (Phi) is 2.59. The first-order valence-electron chi connectivity index (χ1n) is 3.99. The molecule has 0 bridgehead atoms. The zero-order chi connectivity index (χ0) is 8.39. The van der Waals surface area contributed by atoms with Crippen LogP contribution in [0.25, 0.3) is 0 Å². The summed E-state index contributed by atoms with van der Waals surface area (Å²) < 4.78 is 3.37. The molecule has 12 heavy (non-hydrogen) atoms. The lowest BCUT2D eigenvalue weighted by atomic mass is 10.1. The van der Waals surface area contributed by atoms with Gasteiger partial charge in [-0.2, -0.15) is 0 Å².